The fourth-order valence-electron chi connectivity index (χ4n) is 3.10. The lowest BCUT2D eigenvalue weighted by atomic mass is 10.0. The second-order valence-electron chi connectivity index (χ2n) is 7.62. The van der Waals surface area contributed by atoms with Crippen molar-refractivity contribution in [2.75, 3.05) is 20.1 Å². The van der Waals surface area contributed by atoms with Crippen molar-refractivity contribution in [2.24, 2.45) is 17.6 Å². The Balaban J connectivity index is 1.87. The van der Waals surface area contributed by atoms with Crippen LogP contribution in [-0.2, 0) is 16.1 Å². The van der Waals surface area contributed by atoms with Gasteiger partial charge in [0.2, 0.25) is 11.8 Å². The summed E-state index contributed by atoms with van der Waals surface area (Å²) in [4.78, 5) is 28.4. The molecule has 2 rings (SSSR count). The summed E-state index contributed by atoms with van der Waals surface area (Å²) in [5, 5.41) is 0. The average Bonchev–Trinajstić information content (AvgIpc) is 2.94. The van der Waals surface area contributed by atoms with Gasteiger partial charge < -0.3 is 15.5 Å². The van der Waals surface area contributed by atoms with Crippen LogP contribution in [0.5, 0.6) is 0 Å². The zero-order chi connectivity index (χ0) is 18.6. The summed E-state index contributed by atoms with van der Waals surface area (Å²) in [7, 11) is 1.81. The van der Waals surface area contributed by atoms with Crippen molar-refractivity contribution < 1.29 is 9.59 Å². The molecule has 1 aromatic rings. The fraction of sp³-hybridized carbons (Fsp3) is 0.600. The van der Waals surface area contributed by atoms with Crippen molar-refractivity contribution in [3.05, 3.63) is 35.4 Å². The minimum absolute atomic E-state index is 0.0516. The van der Waals surface area contributed by atoms with Gasteiger partial charge in [0.1, 0.15) is 0 Å². The molecule has 1 aromatic carbocycles. The lowest BCUT2D eigenvalue weighted by Crippen LogP contribution is -2.38. The molecular formula is C20H31N3O2. The normalized spacial score (nSPS) is 18.7. The first kappa shape index (κ1) is 19.4. The highest BCUT2D eigenvalue weighted by molar-refractivity contribution is 5.89. The Kier molecular flexibility index (Phi) is 6.59. The summed E-state index contributed by atoms with van der Waals surface area (Å²) >= 11 is 0. The molecule has 1 aliphatic heterocycles. The molecule has 5 heteroatoms. The van der Waals surface area contributed by atoms with Crippen LogP contribution in [0.3, 0.4) is 0 Å². The van der Waals surface area contributed by atoms with Gasteiger partial charge in [0.25, 0.3) is 0 Å². The Bertz CT molecular complexity index is 597. The van der Waals surface area contributed by atoms with Crippen LogP contribution < -0.4 is 5.73 Å². The molecule has 2 unspecified atom stereocenters. The third-order valence-corrected chi connectivity index (χ3v) is 5.09. The highest BCUT2D eigenvalue weighted by Crippen LogP contribution is 2.22. The number of aryl methyl sites for hydroxylation is 1. The van der Waals surface area contributed by atoms with E-state index in [9.17, 15) is 9.59 Å². The predicted molar refractivity (Wildman–Crippen MR) is 99.8 cm³/mol. The molecule has 0 aliphatic carbocycles. The Morgan fingerprint density at radius 2 is 1.96 bits per heavy atom. The maximum Gasteiger partial charge on any atom is 0.227 e. The minimum atomic E-state index is -0.238. The summed E-state index contributed by atoms with van der Waals surface area (Å²) in [6.45, 7) is 7.94. The molecule has 1 fully saturated rings. The molecule has 0 aromatic heterocycles. The Hall–Kier alpha value is -1.88. The quantitative estimate of drug-likeness (QED) is 0.824. The summed E-state index contributed by atoms with van der Waals surface area (Å²) in [5.41, 5.74) is 8.36. The summed E-state index contributed by atoms with van der Waals surface area (Å²) in [6.07, 6.45) is 1.10. The number of hydrogen-bond acceptors (Lipinski definition) is 3. The molecule has 25 heavy (non-hydrogen) atoms. The number of hydrogen-bond donors (Lipinski definition) is 1. The number of amides is 2. The third kappa shape index (κ3) is 5.30. The van der Waals surface area contributed by atoms with Crippen molar-refractivity contribution in [2.45, 2.75) is 46.2 Å². The van der Waals surface area contributed by atoms with Crippen molar-refractivity contribution in [3.8, 4) is 0 Å². The molecule has 1 heterocycles. The number of rotatable bonds is 7. The van der Waals surface area contributed by atoms with Gasteiger partial charge in [0.15, 0.2) is 0 Å². The van der Waals surface area contributed by atoms with E-state index in [1.165, 1.54) is 5.56 Å². The molecule has 2 atom stereocenters. The van der Waals surface area contributed by atoms with Crippen LogP contribution in [-0.4, -0.2) is 47.8 Å². The van der Waals surface area contributed by atoms with Crippen LogP contribution >= 0.6 is 0 Å². The van der Waals surface area contributed by atoms with Gasteiger partial charge in [-0.15, -0.1) is 0 Å². The molecule has 138 valence electrons. The lowest BCUT2D eigenvalue weighted by Gasteiger charge is -2.24. The second kappa shape index (κ2) is 8.48. The lowest BCUT2D eigenvalue weighted by molar-refractivity contribution is -0.134. The van der Waals surface area contributed by atoms with E-state index in [0.29, 0.717) is 32.0 Å². The monoisotopic (exact) mass is 345 g/mol. The first-order valence-corrected chi connectivity index (χ1v) is 9.11. The van der Waals surface area contributed by atoms with E-state index in [1.807, 2.05) is 38.2 Å². The van der Waals surface area contributed by atoms with Crippen molar-refractivity contribution in [1.29, 1.82) is 0 Å². The van der Waals surface area contributed by atoms with E-state index in [1.54, 1.807) is 9.80 Å². The van der Waals surface area contributed by atoms with Crippen LogP contribution in [0.25, 0.3) is 0 Å². The van der Waals surface area contributed by atoms with Gasteiger partial charge in [-0.25, -0.2) is 0 Å². The molecule has 1 saturated heterocycles. The Morgan fingerprint density at radius 3 is 2.56 bits per heavy atom. The van der Waals surface area contributed by atoms with Crippen molar-refractivity contribution >= 4 is 11.8 Å². The number of likely N-dealkylation sites (tertiary alicyclic amines) is 1. The molecule has 1 aliphatic rings. The van der Waals surface area contributed by atoms with Crippen LogP contribution in [0.2, 0.25) is 0 Å². The largest absolute Gasteiger partial charge is 0.345 e. The Morgan fingerprint density at radius 1 is 1.32 bits per heavy atom. The van der Waals surface area contributed by atoms with Crippen LogP contribution in [0, 0.1) is 18.8 Å². The van der Waals surface area contributed by atoms with Gasteiger partial charge >= 0.3 is 0 Å². The molecule has 0 spiro atoms. The van der Waals surface area contributed by atoms with Crippen LogP contribution in [0.1, 0.15) is 37.8 Å². The molecule has 2 amide bonds. The first-order valence-electron chi connectivity index (χ1n) is 9.11. The first-order chi connectivity index (χ1) is 11.8. The van der Waals surface area contributed by atoms with Gasteiger partial charge in [-0.2, -0.15) is 0 Å². The zero-order valence-electron chi connectivity index (χ0n) is 15.9. The summed E-state index contributed by atoms with van der Waals surface area (Å²) < 4.78 is 0. The predicted octanol–water partition coefficient (Wildman–Crippen LogP) is 2.18. The molecule has 0 radical (unpaired) electrons. The van der Waals surface area contributed by atoms with E-state index in [4.69, 9.17) is 5.73 Å². The average molecular weight is 345 g/mol. The van der Waals surface area contributed by atoms with Crippen LogP contribution in [0.15, 0.2) is 24.3 Å². The molecule has 0 saturated carbocycles. The van der Waals surface area contributed by atoms with E-state index < -0.39 is 0 Å². The van der Waals surface area contributed by atoms with Crippen molar-refractivity contribution in [1.82, 2.24) is 9.80 Å². The second-order valence-corrected chi connectivity index (χ2v) is 7.62. The third-order valence-electron chi connectivity index (χ3n) is 5.09. The maximum atomic E-state index is 12.6. The van der Waals surface area contributed by atoms with Crippen LogP contribution in [0.4, 0.5) is 0 Å². The topological polar surface area (TPSA) is 66.6 Å². The van der Waals surface area contributed by atoms with Gasteiger partial charge in [-0.05, 0) is 24.8 Å². The van der Waals surface area contributed by atoms with Gasteiger partial charge in [0.05, 0.1) is 5.92 Å². The molecule has 5 nitrogen and oxygen atoms in total. The zero-order valence-corrected chi connectivity index (χ0v) is 15.9. The molecule has 0 bridgehead atoms. The number of nitrogens with zero attached hydrogens (tertiary/aromatic N) is 2. The van der Waals surface area contributed by atoms with Gasteiger partial charge in [-0.1, -0.05) is 43.7 Å². The molecular weight excluding hydrogens is 314 g/mol. The number of carbonyl (C=O) groups is 2. The highest BCUT2D eigenvalue weighted by Gasteiger charge is 2.35. The van der Waals surface area contributed by atoms with E-state index in [-0.39, 0.29) is 23.8 Å². The number of carbonyl (C=O) groups excluding carboxylic acids is 2. The maximum absolute atomic E-state index is 12.6. The Labute approximate surface area is 151 Å². The standard InChI is InChI=1S/C20H31N3O2/c1-14(2)18(21)9-10-22(4)20(25)17-11-19(24)23(13-17)12-16-7-5-15(3)6-8-16/h5-8,14,17-18H,9-13,21H2,1-4H3. The fourth-order valence-corrected chi connectivity index (χ4v) is 3.10. The number of benzene rings is 1. The summed E-state index contributed by atoms with van der Waals surface area (Å²) in [5.74, 6) is 0.279. The number of nitrogens with two attached hydrogens (primary N) is 1. The smallest absolute Gasteiger partial charge is 0.227 e. The van der Waals surface area contributed by atoms with Gasteiger partial charge in [0, 0.05) is 39.1 Å². The highest BCUT2D eigenvalue weighted by atomic mass is 16.2. The summed E-state index contributed by atoms with van der Waals surface area (Å²) in [6, 6.07) is 8.27. The van der Waals surface area contributed by atoms with E-state index in [2.05, 4.69) is 13.8 Å². The minimum Gasteiger partial charge on any atom is -0.345 e. The van der Waals surface area contributed by atoms with E-state index >= 15 is 0 Å². The SMILES string of the molecule is Cc1ccc(CN2CC(C(=O)N(C)CCC(N)C(C)C)CC2=O)cc1. The van der Waals surface area contributed by atoms with Crippen molar-refractivity contribution in [3.63, 3.8) is 0 Å². The molecule has 2 N–H and O–H groups in total. The van der Waals surface area contributed by atoms with Gasteiger partial charge in [-0.3, -0.25) is 9.59 Å². The van der Waals surface area contributed by atoms with E-state index in [0.717, 1.165) is 12.0 Å².